The van der Waals surface area contributed by atoms with Crippen molar-refractivity contribution in [3.63, 3.8) is 0 Å². The van der Waals surface area contributed by atoms with Gasteiger partial charge in [-0.15, -0.1) is 0 Å². The summed E-state index contributed by atoms with van der Waals surface area (Å²) in [5, 5.41) is 0.0812. The maximum Gasteiger partial charge on any atom is 0.410 e. The Morgan fingerprint density at radius 3 is 2.21 bits per heavy atom. The Morgan fingerprint density at radius 2 is 1.67 bits per heavy atom. The molecule has 1 saturated heterocycles. The highest BCUT2D eigenvalue weighted by atomic mass is 28.4. The topological polar surface area (TPSA) is 48.0 Å². The number of benzene rings is 2. The Labute approximate surface area is 200 Å². The van der Waals surface area contributed by atoms with Crippen molar-refractivity contribution >= 4 is 14.4 Å². The Balaban J connectivity index is 1.81. The van der Waals surface area contributed by atoms with Gasteiger partial charge in [-0.05, 0) is 35.2 Å². The van der Waals surface area contributed by atoms with Gasteiger partial charge < -0.3 is 13.9 Å². The van der Waals surface area contributed by atoms with Crippen LogP contribution in [0.5, 0.6) is 0 Å². The van der Waals surface area contributed by atoms with E-state index in [1.165, 1.54) is 0 Å². The highest BCUT2D eigenvalue weighted by molar-refractivity contribution is 6.74. The summed E-state index contributed by atoms with van der Waals surface area (Å²) in [6.07, 6.45) is -0.335. The van der Waals surface area contributed by atoms with E-state index in [0.29, 0.717) is 19.1 Å². The van der Waals surface area contributed by atoms with Crippen molar-refractivity contribution in [3.05, 3.63) is 71.8 Å². The van der Waals surface area contributed by atoms with Crippen molar-refractivity contribution in [1.29, 1.82) is 0 Å². The summed E-state index contributed by atoms with van der Waals surface area (Å²) in [6.45, 7) is 14.7. The molecule has 1 fully saturated rings. The van der Waals surface area contributed by atoms with Gasteiger partial charge in [0, 0.05) is 7.11 Å². The fourth-order valence-electron chi connectivity index (χ4n) is 4.32. The first-order valence-electron chi connectivity index (χ1n) is 11.8. The van der Waals surface area contributed by atoms with Crippen molar-refractivity contribution in [2.24, 2.45) is 5.92 Å². The number of ether oxygens (including phenoxy) is 2. The molecule has 5 nitrogen and oxygen atoms in total. The molecule has 0 radical (unpaired) electrons. The fourth-order valence-corrected chi connectivity index (χ4v) is 6.65. The van der Waals surface area contributed by atoms with Gasteiger partial charge in [0.25, 0.3) is 0 Å². The van der Waals surface area contributed by atoms with Crippen LogP contribution in [0.4, 0.5) is 4.79 Å². The molecule has 0 spiro atoms. The summed E-state index contributed by atoms with van der Waals surface area (Å²) in [5.74, 6) is 0.494. The first-order valence-corrected chi connectivity index (χ1v) is 14.7. The lowest BCUT2D eigenvalue weighted by atomic mass is 9.78. The van der Waals surface area contributed by atoms with Gasteiger partial charge in [0.1, 0.15) is 12.2 Å². The van der Waals surface area contributed by atoms with Crippen molar-refractivity contribution in [3.8, 4) is 0 Å². The summed E-state index contributed by atoms with van der Waals surface area (Å²) in [5.41, 5.74) is 1.41. The molecule has 1 amide bonds. The maximum atomic E-state index is 13.1. The second-order valence-electron chi connectivity index (χ2n) is 10.3. The molecule has 2 atom stereocenters. The van der Waals surface area contributed by atoms with E-state index in [9.17, 15) is 4.79 Å². The lowest BCUT2D eigenvalue weighted by Gasteiger charge is -2.56. The number of hydrogen-bond acceptors (Lipinski definition) is 4. The Kier molecular flexibility index (Phi) is 7.71. The number of amides is 1. The van der Waals surface area contributed by atoms with E-state index >= 15 is 0 Å². The van der Waals surface area contributed by atoms with Crippen LogP contribution in [0.15, 0.2) is 60.7 Å². The smallest absolute Gasteiger partial charge is 0.410 e. The molecule has 1 aliphatic heterocycles. The quantitative estimate of drug-likeness (QED) is 0.410. The molecule has 33 heavy (non-hydrogen) atoms. The maximum absolute atomic E-state index is 13.1. The molecule has 0 N–H and O–H groups in total. The van der Waals surface area contributed by atoms with Gasteiger partial charge >= 0.3 is 6.09 Å². The molecule has 2 aromatic carbocycles. The van der Waals surface area contributed by atoms with Gasteiger partial charge in [-0.1, -0.05) is 88.4 Å². The van der Waals surface area contributed by atoms with Gasteiger partial charge in [0.15, 0.2) is 8.32 Å². The van der Waals surface area contributed by atoms with Gasteiger partial charge in [-0.25, -0.2) is 4.79 Å². The summed E-state index contributed by atoms with van der Waals surface area (Å²) in [6, 6.07) is 19.6. The zero-order valence-corrected chi connectivity index (χ0v) is 22.1. The van der Waals surface area contributed by atoms with Gasteiger partial charge in [-0.2, -0.15) is 0 Å². The minimum absolute atomic E-state index is 0.0812. The van der Waals surface area contributed by atoms with E-state index in [2.05, 4.69) is 52.9 Å². The van der Waals surface area contributed by atoms with Crippen LogP contribution in [-0.2, 0) is 26.1 Å². The molecule has 0 unspecified atom stereocenters. The Hall–Kier alpha value is -2.15. The van der Waals surface area contributed by atoms with Gasteiger partial charge in [0.05, 0.1) is 19.2 Å². The zero-order valence-electron chi connectivity index (χ0n) is 21.1. The normalized spacial score (nSPS) is 21.1. The SMILES string of the molecule is CO[C@@]1(c2ccccc2)CN(C(=O)OCc2ccccc2)[C@H]1CO[Si](C)(C)C(C)(C)C(C)C. The number of nitrogens with zero attached hydrogens (tertiary/aromatic N) is 1. The molecule has 0 aromatic heterocycles. The van der Waals surface area contributed by atoms with Crippen LogP contribution >= 0.6 is 0 Å². The number of carbonyl (C=O) groups is 1. The molecule has 0 saturated carbocycles. The Morgan fingerprint density at radius 1 is 1.09 bits per heavy atom. The van der Waals surface area contributed by atoms with Crippen molar-refractivity contribution in [2.45, 2.75) is 64.1 Å². The molecule has 2 aromatic rings. The minimum atomic E-state index is -2.09. The predicted octanol–water partition coefficient (Wildman–Crippen LogP) is 6.21. The third-order valence-corrected chi connectivity index (χ3v) is 12.6. The Bertz CT molecular complexity index is 916. The van der Waals surface area contributed by atoms with Crippen LogP contribution in [0.2, 0.25) is 18.1 Å². The number of carbonyl (C=O) groups excluding carboxylic acids is 1. The number of rotatable bonds is 9. The third kappa shape index (κ3) is 5.03. The first-order chi connectivity index (χ1) is 15.5. The molecule has 180 valence electrons. The molecule has 0 aliphatic carbocycles. The average Bonchev–Trinajstić information content (AvgIpc) is 2.78. The molecular formula is C27H39NO4Si. The van der Waals surface area contributed by atoms with Crippen LogP contribution in [0.3, 0.4) is 0 Å². The summed E-state index contributed by atoms with van der Waals surface area (Å²) >= 11 is 0. The van der Waals surface area contributed by atoms with E-state index in [1.807, 2.05) is 48.5 Å². The standard InChI is InChI=1S/C27H39NO4Si/c1-21(2)26(3,4)33(6,7)32-19-24-27(30-5,23-16-12-9-13-17-23)20-28(24)25(29)31-18-22-14-10-8-11-15-22/h8-17,21,24H,18-20H2,1-7H3/t24-,27+/m0/s1. The lowest BCUT2D eigenvalue weighted by Crippen LogP contribution is -2.72. The number of methoxy groups -OCH3 is 1. The zero-order chi connectivity index (χ0) is 24.3. The summed E-state index contributed by atoms with van der Waals surface area (Å²) in [7, 11) is -0.370. The van der Waals surface area contributed by atoms with Gasteiger partial charge in [0.2, 0.25) is 0 Å². The summed E-state index contributed by atoms with van der Waals surface area (Å²) in [4.78, 5) is 14.8. The first kappa shape index (κ1) is 25.5. The van der Waals surface area contributed by atoms with Crippen LogP contribution in [0.25, 0.3) is 0 Å². The number of likely N-dealkylation sites (tertiary alicyclic amines) is 1. The largest absolute Gasteiger partial charge is 0.445 e. The van der Waals surface area contributed by atoms with E-state index in [0.717, 1.165) is 11.1 Å². The lowest BCUT2D eigenvalue weighted by molar-refractivity contribution is -0.178. The fraction of sp³-hybridized carbons (Fsp3) is 0.519. The molecule has 0 bridgehead atoms. The van der Waals surface area contributed by atoms with Crippen LogP contribution in [-0.4, -0.2) is 45.6 Å². The highest BCUT2D eigenvalue weighted by Gasteiger charge is 2.58. The predicted molar refractivity (Wildman–Crippen MR) is 135 cm³/mol. The van der Waals surface area contributed by atoms with E-state index in [1.54, 1.807) is 12.0 Å². The molecular weight excluding hydrogens is 430 g/mol. The van der Waals surface area contributed by atoms with Crippen LogP contribution in [0.1, 0.15) is 38.8 Å². The number of hydrogen-bond donors (Lipinski definition) is 0. The van der Waals surface area contributed by atoms with Crippen LogP contribution < -0.4 is 0 Å². The van der Waals surface area contributed by atoms with Crippen molar-refractivity contribution in [2.75, 3.05) is 20.3 Å². The summed E-state index contributed by atoms with van der Waals surface area (Å²) < 4.78 is 18.5. The van der Waals surface area contributed by atoms with E-state index in [-0.39, 0.29) is 23.8 Å². The highest BCUT2D eigenvalue weighted by Crippen LogP contribution is 2.47. The minimum Gasteiger partial charge on any atom is -0.445 e. The van der Waals surface area contributed by atoms with Crippen molar-refractivity contribution in [1.82, 2.24) is 4.90 Å². The van der Waals surface area contributed by atoms with E-state index in [4.69, 9.17) is 13.9 Å². The molecule has 1 heterocycles. The average molecular weight is 470 g/mol. The van der Waals surface area contributed by atoms with E-state index < -0.39 is 13.9 Å². The molecule has 3 rings (SSSR count). The second-order valence-corrected chi connectivity index (χ2v) is 14.9. The van der Waals surface area contributed by atoms with Crippen molar-refractivity contribution < 1.29 is 18.7 Å². The monoisotopic (exact) mass is 469 g/mol. The molecule has 6 heteroatoms. The van der Waals surface area contributed by atoms with Crippen LogP contribution in [0, 0.1) is 5.92 Å². The third-order valence-electron chi connectivity index (χ3n) is 7.98. The van der Waals surface area contributed by atoms with Gasteiger partial charge in [-0.3, -0.25) is 4.90 Å². The second kappa shape index (κ2) is 10.00. The molecule has 1 aliphatic rings.